The molecule has 0 amide bonds. The van der Waals surface area contributed by atoms with Crippen molar-refractivity contribution in [1.82, 2.24) is 15.1 Å². The number of nitrogens with zero attached hydrogens (tertiary/aromatic N) is 4. The largest absolute Gasteiger partial charge is 0.383 e. The first-order valence-corrected chi connectivity index (χ1v) is 11.7. The molecule has 1 aromatic carbocycles. The maximum absolute atomic E-state index is 5.21. The van der Waals surface area contributed by atoms with Gasteiger partial charge in [0, 0.05) is 58.6 Å². The van der Waals surface area contributed by atoms with Gasteiger partial charge in [0.2, 0.25) is 0 Å². The smallest absolute Gasteiger partial charge is 0.194 e. The molecular weight excluding hydrogens is 501 g/mol. The van der Waals surface area contributed by atoms with Crippen molar-refractivity contribution < 1.29 is 4.74 Å². The van der Waals surface area contributed by atoms with E-state index in [9.17, 15) is 0 Å². The third-order valence-corrected chi connectivity index (χ3v) is 6.65. The Morgan fingerprint density at radius 3 is 2.45 bits per heavy atom. The van der Waals surface area contributed by atoms with Gasteiger partial charge in [-0.25, -0.2) is 0 Å². The second-order valence-corrected chi connectivity index (χ2v) is 8.67. The fourth-order valence-corrected chi connectivity index (χ4v) is 4.49. The first-order chi connectivity index (χ1) is 14.6. The van der Waals surface area contributed by atoms with E-state index in [0.717, 1.165) is 58.4 Å². The summed E-state index contributed by atoms with van der Waals surface area (Å²) in [6.07, 6.45) is 2.49. The molecule has 0 saturated carbocycles. The molecule has 2 aliphatic heterocycles. The van der Waals surface area contributed by atoms with Gasteiger partial charge in [-0.1, -0.05) is 12.1 Å². The van der Waals surface area contributed by atoms with E-state index in [1.165, 1.54) is 42.7 Å². The zero-order valence-electron chi connectivity index (χ0n) is 19.9. The van der Waals surface area contributed by atoms with Crippen LogP contribution in [0.15, 0.2) is 23.2 Å². The fourth-order valence-electron chi connectivity index (χ4n) is 4.49. The lowest BCUT2D eigenvalue weighted by molar-refractivity contribution is 0.121. The molecule has 0 atom stereocenters. The normalized spacial score (nSPS) is 18.8. The van der Waals surface area contributed by atoms with E-state index in [4.69, 9.17) is 9.73 Å². The molecule has 7 heteroatoms. The molecule has 3 rings (SSSR count). The zero-order chi connectivity index (χ0) is 21.3. The van der Waals surface area contributed by atoms with Crippen LogP contribution in [0, 0.1) is 19.8 Å². The van der Waals surface area contributed by atoms with Crippen LogP contribution in [-0.4, -0.2) is 88.4 Å². The van der Waals surface area contributed by atoms with Crippen molar-refractivity contribution in [3.05, 3.63) is 29.3 Å². The number of nitrogens with one attached hydrogen (secondary N) is 1. The van der Waals surface area contributed by atoms with E-state index >= 15 is 0 Å². The van der Waals surface area contributed by atoms with Crippen molar-refractivity contribution in [2.45, 2.75) is 33.6 Å². The summed E-state index contributed by atoms with van der Waals surface area (Å²) >= 11 is 0. The molecule has 0 spiro atoms. The lowest BCUT2D eigenvalue weighted by Gasteiger charge is -2.38. The maximum Gasteiger partial charge on any atom is 0.194 e. The molecular formula is C24H42IN5O. The van der Waals surface area contributed by atoms with Gasteiger partial charge in [0.1, 0.15) is 0 Å². The third-order valence-electron chi connectivity index (χ3n) is 6.65. The summed E-state index contributed by atoms with van der Waals surface area (Å²) in [6.45, 7) is 16.8. The molecule has 0 unspecified atom stereocenters. The van der Waals surface area contributed by atoms with Crippen LogP contribution < -0.4 is 10.2 Å². The Kier molecular flexibility index (Phi) is 11.4. The Morgan fingerprint density at radius 2 is 1.81 bits per heavy atom. The standard InChI is InChI=1S/C24H41N5O.HI/c1-5-25-24(26-19-22-9-11-27(12-10-22)17-18-30-4)29-15-13-28(14-16-29)23-8-6-7-20(2)21(23)3;/h6-8,22H,5,9-19H2,1-4H3,(H,25,26);1H. The number of rotatable bonds is 7. The highest BCUT2D eigenvalue weighted by molar-refractivity contribution is 14.0. The number of methoxy groups -OCH3 is 1. The van der Waals surface area contributed by atoms with Crippen molar-refractivity contribution in [2.24, 2.45) is 10.9 Å². The van der Waals surface area contributed by atoms with Crippen LogP contribution in [0.3, 0.4) is 0 Å². The van der Waals surface area contributed by atoms with Crippen LogP contribution in [0.4, 0.5) is 5.69 Å². The Balaban J connectivity index is 0.00000341. The van der Waals surface area contributed by atoms with Gasteiger partial charge < -0.3 is 24.8 Å². The van der Waals surface area contributed by atoms with Crippen molar-refractivity contribution in [3.63, 3.8) is 0 Å². The Hall–Kier alpha value is -1.06. The van der Waals surface area contributed by atoms with E-state index < -0.39 is 0 Å². The number of hydrogen-bond donors (Lipinski definition) is 1. The summed E-state index contributed by atoms with van der Waals surface area (Å²) in [5.74, 6) is 1.80. The highest BCUT2D eigenvalue weighted by Gasteiger charge is 2.22. The van der Waals surface area contributed by atoms with Crippen LogP contribution in [0.5, 0.6) is 0 Å². The summed E-state index contributed by atoms with van der Waals surface area (Å²) < 4.78 is 5.21. The molecule has 31 heavy (non-hydrogen) atoms. The van der Waals surface area contributed by atoms with Gasteiger partial charge in [-0.15, -0.1) is 24.0 Å². The number of guanidine groups is 1. The molecule has 2 heterocycles. The van der Waals surface area contributed by atoms with Crippen LogP contribution in [0.25, 0.3) is 0 Å². The number of piperidine rings is 1. The minimum absolute atomic E-state index is 0. The monoisotopic (exact) mass is 543 g/mol. The second-order valence-electron chi connectivity index (χ2n) is 8.67. The third kappa shape index (κ3) is 7.49. The molecule has 0 bridgehead atoms. The maximum atomic E-state index is 5.21. The van der Waals surface area contributed by atoms with Crippen LogP contribution in [-0.2, 0) is 4.74 Å². The van der Waals surface area contributed by atoms with Gasteiger partial charge in [0.25, 0.3) is 0 Å². The Bertz CT molecular complexity index is 683. The summed E-state index contributed by atoms with van der Waals surface area (Å²) in [4.78, 5) is 12.5. The zero-order valence-corrected chi connectivity index (χ0v) is 22.2. The fraction of sp³-hybridized carbons (Fsp3) is 0.708. The number of likely N-dealkylation sites (tertiary alicyclic amines) is 1. The van der Waals surface area contributed by atoms with E-state index in [2.05, 4.69) is 59.0 Å². The first kappa shape index (κ1) is 26.2. The molecule has 0 aromatic heterocycles. The lowest BCUT2D eigenvalue weighted by atomic mass is 9.97. The van der Waals surface area contributed by atoms with E-state index in [1.54, 1.807) is 7.11 Å². The minimum Gasteiger partial charge on any atom is -0.383 e. The van der Waals surface area contributed by atoms with E-state index in [0.29, 0.717) is 5.92 Å². The van der Waals surface area contributed by atoms with E-state index in [-0.39, 0.29) is 24.0 Å². The number of benzene rings is 1. The summed E-state index contributed by atoms with van der Waals surface area (Å²) in [5, 5.41) is 3.53. The summed E-state index contributed by atoms with van der Waals surface area (Å²) in [7, 11) is 1.78. The highest BCUT2D eigenvalue weighted by atomic mass is 127. The number of ether oxygens (including phenoxy) is 1. The lowest BCUT2D eigenvalue weighted by Crippen LogP contribution is -2.53. The number of aryl methyl sites for hydroxylation is 1. The molecule has 1 aromatic rings. The Morgan fingerprint density at radius 1 is 1.10 bits per heavy atom. The van der Waals surface area contributed by atoms with E-state index in [1.807, 2.05) is 0 Å². The average Bonchev–Trinajstić information content (AvgIpc) is 2.78. The summed E-state index contributed by atoms with van der Waals surface area (Å²) in [5.41, 5.74) is 4.17. The predicted molar refractivity (Wildman–Crippen MR) is 142 cm³/mol. The van der Waals surface area contributed by atoms with Gasteiger partial charge in [-0.3, -0.25) is 4.99 Å². The summed E-state index contributed by atoms with van der Waals surface area (Å²) in [6, 6.07) is 6.64. The van der Waals surface area contributed by atoms with Crippen LogP contribution in [0.1, 0.15) is 30.9 Å². The predicted octanol–water partition coefficient (Wildman–Crippen LogP) is 3.37. The second kappa shape index (κ2) is 13.5. The molecule has 1 N–H and O–H groups in total. The molecule has 176 valence electrons. The van der Waals surface area contributed by atoms with Crippen molar-refractivity contribution in [1.29, 1.82) is 0 Å². The van der Waals surface area contributed by atoms with Crippen LogP contribution in [0.2, 0.25) is 0 Å². The topological polar surface area (TPSA) is 43.3 Å². The SMILES string of the molecule is CCNC(=NCC1CCN(CCOC)CC1)N1CCN(c2cccc(C)c2C)CC1.I. The molecule has 0 aliphatic carbocycles. The number of piperazine rings is 1. The van der Waals surface area contributed by atoms with Crippen molar-refractivity contribution >= 4 is 35.6 Å². The van der Waals surface area contributed by atoms with Gasteiger partial charge >= 0.3 is 0 Å². The molecule has 2 fully saturated rings. The molecule has 2 saturated heterocycles. The van der Waals surface area contributed by atoms with Crippen LogP contribution >= 0.6 is 24.0 Å². The first-order valence-electron chi connectivity index (χ1n) is 11.7. The number of anilines is 1. The number of hydrogen-bond acceptors (Lipinski definition) is 4. The van der Waals surface area contributed by atoms with Crippen molar-refractivity contribution in [2.75, 3.05) is 77.5 Å². The van der Waals surface area contributed by atoms with Gasteiger partial charge in [0.15, 0.2) is 5.96 Å². The molecule has 0 radical (unpaired) electrons. The number of halogens is 1. The van der Waals surface area contributed by atoms with Crippen molar-refractivity contribution in [3.8, 4) is 0 Å². The van der Waals surface area contributed by atoms with Gasteiger partial charge in [-0.2, -0.15) is 0 Å². The number of aliphatic imine (C=N–C) groups is 1. The van der Waals surface area contributed by atoms with Gasteiger partial charge in [-0.05, 0) is 69.8 Å². The minimum atomic E-state index is 0. The quantitative estimate of drug-likeness (QED) is 0.325. The van der Waals surface area contributed by atoms with Gasteiger partial charge in [0.05, 0.1) is 6.61 Å². The Labute approximate surface area is 206 Å². The average molecular weight is 544 g/mol. The highest BCUT2D eigenvalue weighted by Crippen LogP contribution is 2.24. The molecule has 2 aliphatic rings. The molecule has 6 nitrogen and oxygen atoms in total.